The van der Waals surface area contributed by atoms with E-state index in [0.29, 0.717) is 13.0 Å². The van der Waals surface area contributed by atoms with Crippen LogP contribution in [0.5, 0.6) is 0 Å². The smallest absolute Gasteiger partial charge is 0.273 e. The average molecular weight is 206 g/mol. The lowest BCUT2D eigenvalue weighted by Gasteiger charge is -2.12. The molecule has 5 heteroatoms. The van der Waals surface area contributed by atoms with Gasteiger partial charge in [0.05, 0.1) is 6.54 Å². The number of hydrogen-bond acceptors (Lipinski definition) is 2. The molecule has 1 aliphatic heterocycles. The maximum absolute atomic E-state index is 11.7. The predicted molar refractivity (Wildman–Crippen MR) is 51.1 cm³/mol. The molecule has 2 amide bonds. The maximum atomic E-state index is 11.7. The van der Waals surface area contributed by atoms with E-state index < -0.39 is 0 Å². The van der Waals surface area contributed by atoms with Crippen LogP contribution in [-0.4, -0.2) is 23.4 Å². The van der Waals surface area contributed by atoms with Crippen molar-refractivity contribution in [1.82, 2.24) is 10.4 Å². The summed E-state index contributed by atoms with van der Waals surface area (Å²) >= 11 is 0. The minimum Gasteiger partial charge on any atom is -0.273 e. The van der Waals surface area contributed by atoms with Crippen LogP contribution in [-0.2, 0) is 16.1 Å². The van der Waals surface area contributed by atoms with Gasteiger partial charge in [0.25, 0.3) is 0 Å². The lowest BCUT2D eigenvalue weighted by molar-refractivity contribution is -0.685. The van der Waals surface area contributed by atoms with Gasteiger partial charge in [-0.2, -0.15) is 4.57 Å². The minimum absolute atomic E-state index is 0.0959. The molecule has 5 nitrogen and oxygen atoms in total. The Morgan fingerprint density at radius 2 is 2.13 bits per heavy atom. The van der Waals surface area contributed by atoms with E-state index in [4.69, 9.17) is 0 Å². The summed E-state index contributed by atoms with van der Waals surface area (Å²) in [4.78, 5) is 22.5. The SMILES string of the molecule is O=C1CCN(C(=O)C[n+]2ccccc2)N1. The summed E-state index contributed by atoms with van der Waals surface area (Å²) in [5, 5.41) is 1.36. The van der Waals surface area contributed by atoms with Crippen molar-refractivity contribution >= 4 is 11.8 Å². The maximum Gasteiger partial charge on any atom is 0.306 e. The number of carbonyl (C=O) groups is 2. The van der Waals surface area contributed by atoms with E-state index in [9.17, 15) is 9.59 Å². The van der Waals surface area contributed by atoms with Crippen molar-refractivity contribution in [3.05, 3.63) is 30.6 Å². The molecule has 78 valence electrons. The van der Waals surface area contributed by atoms with Crippen LogP contribution in [0, 0.1) is 0 Å². The second kappa shape index (κ2) is 4.08. The molecule has 2 heterocycles. The second-order valence-corrected chi connectivity index (χ2v) is 3.38. The molecule has 0 atom stereocenters. The van der Waals surface area contributed by atoms with Crippen molar-refractivity contribution in [1.29, 1.82) is 0 Å². The molecule has 1 N–H and O–H groups in total. The number of rotatable bonds is 2. The third-order valence-electron chi connectivity index (χ3n) is 2.22. The number of pyridine rings is 1. The molecule has 0 saturated carbocycles. The highest BCUT2D eigenvalue weighted by atomic mass is 16.2. The van der Waals surface area contributed by atoms with Gasteiger partial charge >= 0.3 is 5.91 Å². The van der Waals surface area contributed by atoms with Gasteiger partial charge in [-0.05, 0) is 0 Å². The van der Waals surface area contributed by atoms with Gasteiger partial charge < -0.3 is 0 Å². The van der Waals surface area contributed by atoms with Gasteiger partial charge in [0.1, 0.15) is 0 Å². The first-order valence-electron chi connectivity index (χ1n) is 4.79. The molecule has 0 radical (unpaired) electrons. The van der Waals surface area contributed by atoms with Crippen LogP contribution in [0.25, 0.3) is 0 Å². The number of hydrazine groups is 1. The summed E-state index contributed by atoms with van der Waals surface area (Å²) in [7, 11) is 0. The summed E-state index contributed by atoms with van der Waals surface area (Å²) in [5.41, 5.74) is 2.51. The molecule has 15 heavy (non-hydrogen) atoms. The van der Waals surface area contributed by atoms with Gasteiger partial charge in [0.15, 0.2) is 12.4 Å². The van der Waals surface area contributed by atoms with Gasteiger partial charge in [0.2, 0.25) is 12.5 Å². The van der Waals surface area contributed by atoms with E-state index in [1.165, 1.54) is 5.01 Å². The number of hydrogen-bond donors (Lipinski definition) is 1. The summed E-state index contributed by atoms with van der Waals surface area (Å²) in [6.45, 7) is 0.714. The molecular weight excluding hydrogens is 194 g/mol. The van der Waals surface area contributed by atoms with Crippen LogP contribution in [0.3, 0.4) is 0 Å². The Morgan fingerprint density at radius 1 is 1.40 bits per heavy atom. The van der Waals surface area contributed by atoms with Crippen molar-refractivity contribution in [3.8, 4) is 0 Å². The molecular formula is C10H12N3O2+. The summed E-state index contributed by atoms with van der Waals surface area (Å²) in [6, 6.07) is 5.60. The molecule has 1 aromatic heterocycles. The van der Waals surface area contributed by atoms with Gasteiger partial charge in [-0.15, -0.1) is 0 Å². The van der Waals surface area contributed by atoms with Crippen molar-refractivity contribution in [2.24, 2.45) is 0 Å². The van der Waals surface area contributed by atoms with Crippen LogP contribution >= 0.6 is 0 Å². The third kappa shape index (κ3) is 2.31. The zero-order valence-corrected chi connectivity index (χ0v) is 8.22. The molecule has 2 rings (SSSR count). The van der Waals surface area contributed by atoms with Crippen molar-refractivity contribution in [2.75, 3.05) is 6.54 Å². The Labute approximate surface area is 87.3 Å². The van der Waals surface area contributed by atoms with Crippen LogP contribution in [0.4, 0.5) is 0 Å². The third-order valence-corrected chi connectivity index (χ3v) is 2.22. The van der Waals surface area contributed by atoms with E-state index in [1.807, 2.05) is 30.6 Å². The van der Waals surface area contributed by atoms with Gasteiger partial charge in [0, 0.05) is 18.6 Å². The molecule has 0 unspecified atom stereocenters. The topological polar surface area (TPSA) is 53.3 Å². The Morgan fingerprint density at radius 3 is 2.73 bits per heavy atom. The van der Waals surface area contributed by atoms with Crippen molar-refractivity contribution in [2.45, 2.75) is 13.0 Å². The Bertz CT molecular complexity index is 378. The zero-order chi connectivity index (χ0) is 10.7. The average Bonchev–Trinajstić information content (AvgIpc) is 2.66. The highest BCUT2D eigenvalue weighted by Crippen LogP contribution is 1.98. The predicted octanol–water partition coefficient (Wildman–Crippen LogP) is -0.762. The van der Waals surface area contributed by atoms with Crippen molar-refractivity contribution in [3.63, 3.8) is 0 Å². The van der Waals surface area contributed by atoms with Crippen LogP contribution in [0.15, 0.2) is 30.6 Å². The number of aromatic nitrogens is 1. The molecule has 1 fully saturated rings. The van der Waals surface area contributed by atoms with E-state index in [1.54, 1.807) is 4.57 Å². The zero-order valence-electron chi connectivity index (χ0n) is 8.22. The van der Waals surface area contributed by atoms with Gasteiger partial charge in [-0.3, -0.25) is 15.0 Å². The van der Waals surface area contributed by atoms with E-state index in [-0.39, 0.29) is 18.4 Å². The highest BCUT2D eigenvalue weighted by molar-refractivity contribution is 5.84. The molecule has 1 aliphatic rings. The monoisotopic (exact) mass is 206 g/mol. The number of amides is 2. The lowest BCUT2D eigenvalue weighted by atomic mass is 10.4. The Hall–Kier alpha value is -1.91. The largest absolute Gasteiger partial charge is 0.306 e. The standard InChI is InChI=1S/C10H11N3O2/c14-9-4-7-13(11-9)10(15)8-12-5-2-1-3-6-12/h1-3,5-6H,4,7-8H2/p+1. The van der Waals surface area contributed by atoms with E-state index >= 15 is 0 Å². The van der Waals surface area contributed by atoms with E-state index in [0.717, 1.165) is 0 Å². The molecule has 1 saturated heterocycles. The molecule has 0 spiro atoms. The molecule has 0 bridgehead atoms. The van der Waals surface area contributed by atoms with Gasteiger partial charge in [-0.1, -0.05) is 6.07 Å². The van der Waals surface area contributed by atoms with Crippen LogP contribution in [0.1, 0.15) is 6.42 Å². The lowest BCUT2D eigenvalue weighted by Crippen LogP contribution is -2.47. The number of nitrogens with zero attached hydrogens (tertiary/aromatic N) is 2. The normalized spacial score (nSPS) is 15.2. The van der Waals surface area contributed by atoms with Gasteiger partial charge in [-0.25, -0.2) is 5.01 Å². The summed E-state index contributed by atoms with van der Waals surface area (Å²) < 4.78 is 1.77. The second-order valence-electron chi connectivity index (χ2n) is 3.38. The van der Waals surface area contributed by atoms with E-state index in [2.05, 4.69) is 5.43 Å². The van der Waals surface area contributed by atoms with Crippen LogP contribution < -0.4 is 9.99 Å². The number of nitrogens with one attached hydrogen (secondary N) is 1. The first-order valence-corrected chi connectivity index (χ1v) is 4.79. The van der Waals surface area contributed by atoms with Crippen LogP contribution in [0.2, 0.25) is 0 Å². The summed E-state index contributed by atoms with van der Waals surface area (Å²) in [6.07, 6.45) is 4.02. The quantitative estimate of drug-likeness (QED) is 0.646. The summed E-state index contributed by atoms with van der Waals surface area (Å²) in [5.74, 6) is -0.196. The highest BCUT2D eigenvalue weighted by Gasteiger charge is 2.25. The Balaban J connectivity index is 1.96. The molecule has 0 aliphatic carbocycles. The first-order chi connectivity index (χ1) is 7.25. The fourth-order valence-electron chi connectivity index (χ4n) is 1.44. The number of carbonyl (C=O) groups excluding carboxylic acids is 2. The Kier molecular flexibility index (Phi) is 2.62. The molecule has 0 aromatic carbocycles. The fraction of sp³-hybridized carbons (Fsp3) is 0.300. The minimum atomic E-state index is -0.1000. The fourth-order valence-corrected chi connectivity index (χ4v) is 1.44. The van der Waals surface area contributed by atoms with Crippen molar-refractivity contribution < 1.29 is 14.2 Å². The molecule has 1 aromatic rings. The first kappa shape index (κ1) is 9.64.